The number of aromatic nitrogens is 2. The first-order valence-electron chi connectivity index (χ1n) is 4.55. The summed E-state index contributed by atoms with van der Waals surface area (Å²) in [6.45, 7) is 1.75. The minimum absolute atomic E-state index is 0.361. The third-order valence-corrected chi connectivity index (χ3v) is 2.12. The molecule has 1 aliphatic heterocycles. The van der Waals surface area contributed by atoms with E-state index in [1.165, 1.54) is 12.7 Å². The third kappa shape index (κ3) is 2.39. The number of anilines is 1. The van der Waals surface area contributed by atoms with Gasteiger partial charge in [0, 0.05) is 13.2 Å². The maximum Gasteiger partial charge on any atom is 0.115 e. The molecule has 0 amide bonds. The van der Waals surface area contributed by atoms with Crippen molar-refractivity contribution in [2.24, 2.45) is 0 Å². The van der Waals surface area contributed by atoms with E-state index in [1.807, 2.05) is 0 Å². The zero-order valence-electron chi connectivity index (χ0n) is 7.44. The fourth-order valence-electron chi connectivity index (χ4n) is 1.43. The lowest BCUT2D eigenvalue weighted by Gasteiger charge is -2.10. The molecule has 0 radical (unpaired) electrons. The second-order valence-electron chi connectivity index (χ2n) is 3.14. The zero-order chi connectivity index (χ0) is 8.93. The lowest BCUT2D eigenvalue weighted by molar-refractivity contribution is 0.120. The van der Waals surface area contributed by atoms with Gasteiger partial charge in [0.2, 0.25) is 0 Å². The molecule has 0 aliphatic carbocycles. The summed E-state index contributed by atoms with van der Waals surface area (Å²) in [7, 11) is 0. The summed E-state index contributed by atoms with van der Waals surface area (Å²) in [5.41, 5.74) is 0.956. The van der Waals surface area contributed by atoms with E-state index in [2.05, 4.69) is 15.3 Å². The Morgan fingerprint density at radius 1 is 1.46 bits per heavy atom. The predicted molar refractivity (Wildman–Crippen MR) is 49.5 cm³/mol. The zero-order valence-corrected chi connectivity index (χ0v) is 7.44. The number of nitrogens with zero attached hydrogens (tertiary/aromatic N) is 2. The first kappa shape index (κ1) is 8.44. The number of ether oxygens (including phenoxy) is 1. The van der Waals surface area contributed by atoms with E-state index >= 15 is 0 Å². The molecule has 0 saturated carbocycles. The van der Waals surface area contributed by atoms with Crippen LogP contribution in [0.4, 0.5) is 5.69 Å². The first-order valence-corrected chi connectivity index (χ1v) is 4.55. The van der Waals surface area contributed by atoms with Gasteiger partial charge in [-0.2, -0.15) is 0 Å². The molecule has 1 fully saturated rings. The lowest BCUT2D eigenvalue weighted by atomic mass is 10.2. The van der Waals surface area contributed by atoms with Crippen molar-refractivity contribution in [3.63, 3.8) is 0 Å². The van der Waals surface area contributed by atoms with Gasteiger partial charge in [0.05, 0.1) is 24.2 Å². The minimum Gasteiger partial charge on any atom is -0.380 e. The van der Waals surface area contributed by atoms with E-state index in [1.54, 1.807) is 12.4 Å². The van der Waals surface area contributed by atoms with Gasteiger partial charge in [0.25, 0.3) is 0 Å². The normalized spacial score (nSPS) is 21.7. The van der Waals surface area contributed by atoms with Crippen molar-refractivity contribution in [1.82, 2.24) is 9.97 Å². The van der Waals surface area contributed by atoms with Crippen LogP contribution < -0.4 is 5.32 Å². The molecule has 1 saturated heterocycles. The average molecular weight is 179 g/mol. The standard InChI is InChI=1S/C9H13N3O/c1-2-9(13-3-1)6-12-8-4-10-7-11-5-8/h4-5,7,9,12H,1-3,6H2. The topological polar surface area (TPSA) is 47.0 Å². The summed E-state index contributed by atoms with van der Waals surface area (Å²) < 4.78 is 5.47. The monoisotopic (exact) mass is 179 g/mol. The fraction of sp³-hybridized carbons (Fsp3) is 0.556. The number of hydrogen-bond acceptors (Lipinski definition) is 4. The quantitative estimate of drug-likeness (QED) is 0.754. The largest absolute Gasteiger partial charge is 0.380 e. The van der Waals surface area contributed by atoms with Gasteiger partial charge in [-0.1, -0.05) is 0 Å². The second kappa shape index (κ2) is 4.18. The van der Waals surface area contributed by atoms with Crippen LogP contribution in [0.3, 0.4) is 0 Å². The average Bonchev–Trinajstić information content (AvgIpc) is 2.69. The molecule has 1 aromatic heterocycles. The van der Waals surface area contributed by atoms with E-state index in [0.717, 1.165) is 25.3 Å². The van der Waals surface area contributed by atoms with Crippen LogP contribution in [0.2, 0.25) is 0 Å². The van der Waals surface area contributed by atoms with Crippen LogP contribution in [-0.4, -0.2) is 29.2 Å². The smallest absolute Gasteiger partial charge is 0.115 e. The molecule has 2 rings (SSSR count). The Bertz CT molecular complexity index is 246. The first-order chi connectivity index (χ1) is 6.45. The molecule has 1 aliphatic rings. The summed E-state index contributed by atoms with van der Waals surface area (Å²) >= 11 is 0. The Labute approximate surface area is 77.4 Å². The molecule has 13 heavy (non-hydrogen) atoms. The van der Waals surface area contributed by atoms with Crippen LogP contribution in [0.1, 0.15) is 12.8 Å². The maximum absolute atomic E-state index is 5.47. The third-order valence-electron chi connectivity index (χ3n) is 2.12. The Balaban J connectivity index is 1.79. The number of rotatable bonds is 3. The molecule has 0 spiro atoms. The van der Waals surface area contributed by atoms with E-state index in [4.69, 9.17) is 4.74 Å². The highest BCUT2D eigenvalue weighted by Crippen LogP contribution is 2.12. The predicted octanol–water partition coefficient (Wildman–Crippen LogP) is 1.07. The van der Waals surface area contributed by atoms with E-state index in [-0.39, 0.29) is 0 Å². The van der Waals surface area contributed by atoms with Crippen LogP contribution in [-0.2, 0) is 4.74 Å². The van der Waals surface area contributed by atoms with Gasteiger partial charge in [-0.05, 0) is 12.8 Å². The van der Waals surface area contributed by atoms with Crippen molar-refractivity contribution in [1.29, 1.82) is 0 Å². The molecule has 1 atom stereocenters. The second-order valence-corrected chi connectivity index (χ2v) is 3.14. The van der Waals surface area contributed by atoms with Crippen LogP contribution in [0.25, 0.3) is 0 Å². The summed E-state index contributed by atoms with van der Waals surface area (Å²) in [5, 5.41) is 3.24. The van der Waals surface area contributed by atoms with Crippen molar-refractivity contribution in [2.45, 2.75) is 18.9 Å². The summed E-state index contributed by atoms with van der Waals surface area (Å²) in [5.74, 6) is 0. The Kier molecular flexibility index (Phi) is 2.72. The minimum atomic E-state index is 0.361. The Morgan fingerprint density at radius 2 is 2.31 bits per heavy atom. The molecule has 1 unspecified atom stereocenters. The van der Waals surface area contributed by atoms with Crippen molar-refractivity contribution >= 4 is 5.69 Å². The molecular formula is C9H13N3O. The highest BCUT2D eigenvalue weighted by molar-refractivity contribution is 5.37. The maximum atomic E-state index is 5.47. The molecular weight excluding hydrogens is 166 g/mol. The number of hydrogen-bond donors (Lipinski definition) is 1. The van der Waals surface area contributed by atoms with Crippen molar-refractivity contribution in [3.05, 3.63) is 18.7 Å². The molecule has 0 aromatic carbocycles. The van der Waals surface area contributed by atoms with Crippen molar-refractivity contribution in [3.8, 4) is 0 Å². The van der Waals surface area contributed by atoms with Crippen LogP contribution in [0.5, 0.6) is 0 Å². The van der Waals surface area contributed by atoms with Gasteiger partial charge in [0.1, 0.15) is 6.33 Å². The highest BCUT2D eigenvalue weighted by Gasteiger charge is 2.14. The van der Waals surface area contributed by atoms with Gasteiger partial charge in [-0.25, -0.2) is 9.97 Å². The molecule has 0 bridgehead atoms. The van der Waals surface area contributed by atoms with Crippen molar-refractivity contribution < 1.29 is 4.74 Å². The van der Waals surface area contributed by atoms with Gasteiger partial charge >= 0.3 is 0 Å². The molecule has 1 aromatic rings. The summed E-state index contributed by atoms with van der Waals surface area (Å²) in [4.78, 5) is 7.83. The van der Waals surface area contributed by atoms with E-state index < -0.39 is 0 Å². The van der Waals surface area contributed by atoms with Crippen LogP contribution >= 0.6 is 0 Å². The van der Waals surface area contributed by atoms with Crippen LogP contribution in [0, 0.1) is 0 Å². The molecule has 4 heteroatoms. The van der Waals surface area contributed by atoms with E-state index in [0.29, 0.717) is 6.10 Å². The van der Waals surface area contributed by atoms with Crippen LogP contribution in [0.15, 0.2) is 18.7 Å². The molecule has 4 nitrogen and oxygen atoms in total. The molecule has 2 heterocycles. The Hall–Kier alpha value is -1.16. The highest BCUT2D eigenvalue weighted by atomic mass is 16.5. The SMILES string of the molecule is c1ncc(NCC2CCCO2)cn1. The number of nitrogens with one attached hydrogen (secondary N) is 1. The molecule has 70 valence electrons. The fourth-order valence-corrected chi connectivity index (χ4v) is 1.43. The van der Waals surface area contributed by atoms with Crippen molar-refractivity contribution in [2.75, 3.05) is 18.5 Å². The van der Waals surface area contributed by atoms with Gasteiger partial charge in [0.15, 0.2) is 0 Å². The summed E-state index contributed by atoms with van der Waals surface area (Å²) in [6, 6.07) is 0. The lowest BCUT2D eigenvalue weighted by Crippen LogP contribution is -2.18. The Morgan fingerprint density at radius 3 is 3.00 bits per heavy atom. The summed E-state index contributed by atoms with van der Waals surface area (Å²) in [6.07, 6.45) is 7.75. The van der Waals surface area contributed by atoms with E-state index in [9.17, 15) is 0 Å². The van der Waals surface area contributed by atoms with Gasteiger partial charge < -0.3 is 10.1 Å². The van der Waals surface area contributed by atoms with Gasteiger partial charge in [-0.3, -0.25) is 0 Å². The van der Waals surface area contributed by atoms with Gasteiger partial charge in [-0.15, -0.1) is 0 Å². The molecule has 1 N–H and O–H groups in total.